The molecule has 122 valence electrons. The van der Waals surface area contributed by atoms with Crippen molar-refractivity contribution >= 4 is 16.8 Å². The van der Waals surface area contributed by atoms with E-state index in [0.717, 1.165) is 22.3 Å². The molecule has 8 heteroatoms. The van der Waals surface area contributed by atoms with E-state index in [4.69, 9.17) is 0 Å². The summed E-state index contributed by atoms with van der Waals surface area (Å²) in [5, 5.41) is 12.5. The van der Waals surface area contributed by atoms with Gasteiger partial charge in [-0.05, 0) is 29.8 Å². The Morgan fingerprint density at radius 1 is 1.12 bits per heavy atom. The van der Waals surface area contributed by atoms with E-state index in [1.807, 2.05) is 31.7 Å². The summed E-state index contributed by atoms with van der Waals surface area (Å²) in [6, 6.07) is 8.30. The molecule has 5 rings (SSSR count). The van der Waals surface area contributed by atoms with E-state index < -0.39 is 0 Å². The molecule has 0 aromatic carbocycles. The van der Waals surface area contributed by atoms with Gasteiger partial charge < -0.3 is 4.40 Å². The lowest BCUT2D eigenvalue weighted by molar-refractivity contribution is 0.664. The Balaban J connectivity index is 1.56. The number of hydrogen-bond acceptors (Lipinski definition) is 5. The molecule has 0 saturated heterocycles. The van der Waals surface area contributed by atoms with E-state index in [-0.39, 0.29) is 0 Å². The molecule has 0 radical (unpaired) electrons. The monoisotopic (exact) mass is 330 g/mol. The van der Waals surface area contributed by atoms with Gasteiger partial charge in [-0.3, -0.25) is 4.68 Å². The lowest BCUT2D eigenvalue weighted by atomic mass is 10.2. The van der Waals surface area contributed by atoms with Gasteiger partial charge in [0.15, 0.2) is 5.65 Å². The number of fused-ring (bicyclic) bond motifs is 2. The summed E-state index contributed by atoms with van der Waals surface area (Å²) in [7, 11) is 1.87. The molecule has 0 bridgehead atoms. The number of rotatable bonds is 3. The standard InChI is InChI=1S/C17H14N8/c1-23-11-13(8-19-23)15-9-18-16-17(20-15)25(22-21-16)10-12-4-6-24-5-2-3-14(24)7-12/h2-9,11H,10H2,1H3. The summed E-state index contributed by atoms with van der Waals surface area (Å²) in [6.45, 7) is 0.587. The second kappa shape index (κ2) is 5.23. The minimum atomic E-state index is 0.538. The average Bonchev–Trinajstić information content (AvgIpc) is 3.34. The van der Waals surface area contributed by atoms with Crippen LogP contribution in [-0.2, 0) is 13.6 Å². The van der Waals surface area contributed by atoms with E-state index in [1.165, 1.54) is 0 Å². The Labute approximate surface area is 142 Å². The minimum Gasteiger partial charge on any atom is -0.324 e. The number of nitrogens with zero attached hydrogens (tertiary/aromatic N) is 8. The molecule has 0 fully saturated rings. The van der Waals surface area contributed by atoms with Crippen LogP contribution < -0.4 is 0 Å². The quantitative estimate of drug-likeness (QED) is 0.505. The fourth-order valence-corrected chi connectivity index (χ4v) is 2.90. The van der Waals surface area contributed by atoms with E-state index >= 15 is 0 Å². The Morgan fingerprint density at radius 2 is 2.08 bits per heavy atom. The van der Waals surface area contributed by atoms with Crippen molar-refractivity contribution in [3.63, 3.8) is 0 Å². The molecule has 5 aromatic heterocycles. The van der Waals surface area contributed by atoms with Crippen LogP contribution in [0.4, 0.5) is 0 Å². The molecule has 5 heterocycles. The SMILES string of the molecule is Cn1cc(-c2cnc3nnn(Cc4ccn5cccc5c4)c3n2)cn1. The first-order valence-electron chi connectivity index (χ1n) is 7.87. The Hall–Kier alpha value is -3.55. The highest BCUT2D eigenvalue weighted by molar-refractivity contribution is 5.69. The molecule has 0 aliphatic heterocycles. The highest BCUT2D eigenvalue weighted by Gasteiger charge is 2.11. The van der Waals surface area contributed by atoms with Crippen molar-refractivity contribution in [2.75, 3.05) is 0 Å². The van der Waals surface area contributed by atoms with Crippen molar-refractivity contribution in [2.24, 2.45) is 7.05 Å². The van der Waals surface area contributed by atoms with Crippen LogP contribution in [0.3, 0.4) is 0 Å². The van der Waals surface area contributed by atoms with Crippen LogP contribution in [0.2, 0.25) is 0 Å². The zero-order valence-corrected chi connectivity index (χ0v) is 13.5. The minimum absolute atomic E-state index is 0.538. The van der Waals surface area contributed by atoms with Gasteiger partial charge in [0.25, 0.3) is 0 Å². The molecule has 0 atom stereocenters. The molecule has 0 N–H and O–H groups in total. The maximum atomic E-state index is 4.68. The molecule has 0 amide bonds. The van der Waals surface area contributed by atoms with Crippen LogP contribution in [0.25, 0.3) is 28.1 Å². The second-order valence-electron chi connectivity index (χ2n) is 5.93. The van der Waals surface area contributed by atoms with E-state index in [9.17, 15) is 0 Å². The predicted molar refractivity (Wildman–Crippen MR) is 91.8 cm³/mol. The first-order chi connectivity index (χ1) is 12.3. The number of hydrogen-bond donors (Lipinski definition) is 0. The Kier molecular flexibility index (Phi) is 2.90. The fourth-order valence-electron chi connectivity index (χ4n) is 2.90. The van der Waals surface area contributed by atoms with Crippen molar-refractivity contribution in [1.29, 1.82) is 0 Å². The fraction of sp³-hybridized carbons (Fsp3) is 0.118. The van der Waals surface area contributed by atoms with E-state index in [0.29, 0.717) is 17.8 Å². The summed E-state index contributed by atoms with van der Waals surface area (Å²) in [6.07, 6.45) is 9.44. The zero-order valence-electron chi connectivity index (χ0n) is 13.5. The number of aromatic nitrogens is 8. The van der Waals surface area contributed by atoms with E-state index in [1.54, 1.807) is 21.8 Å². The molecular weight excluding hydrogens is 316 g/mol. The molecular formula is C17H14N8. The molecule has 0 saturated carbocycles. The maximum Gasteiger partial charge on any atom is 0.221 e. The van der Waals surface area contributed by atoms with Gasteiger partial charge >= 0.3 is 0 Å². The summed E-state index contributed by atoms with van der Waals surface area (Å²) < 4.78 is 5.59. The largest absolute Gasteiger partial charge is 0.324 e. The van der Waals surface area contributed by atoms with Crippen molar-refractivity contribution in [3.8, 4) is 11.3 Å². The van der Waals surface area contributed by atoms with Gasteiger partial charge in [0.05, 0.1) is 24.6 Å². The van der Waals surface area contributed by atoms with Gasteiger partial charge in [-0.25, -0.2) is 14.6 Å². The second-order valence-corrected chi connectivity index (χ2v) is 5.93. The van der Waals surface area contributed by atoms with Crippen molar-refractivity contribution in [3.05, 3.63) is 60.8 Å². The molecule has 8 nitrogen and oxygen atoms in total. The summed E-state index contributed by atoms with van der Waals surface area (Å²) in [5.41, 5.74) is 5.15. The van der Waals surface area contributed by atoms with Gasteiger partial charge in [0, 0.05) is 36.7 Å². The van der Waals surface area contributed by atoms with Crippen LogP contribution in [0.15, 0.2) is 55.2 Å². The van der Waals surface area contributed by atoms with Gasteiger partial charge in [-0.1, -0.05) is 5.21 Å². The topological polar surface area (TPSA) is 78.7 Å². The number of aryl methyl sites for hydroxylation is 1. The van der Waals surface area contributed by atoms with Crippen LogP contribution in [0.5, 0.6) is 0 Å². The first-order valence-corrected chi connectivity index (χ1v) is 7.87. The molecule has 0 spiro atoms. The van der Waals surface area contributed by atoms with Crippen LogP contribution >= 0.6 is 0 Å². The third kappa shape index (κ3) is 2.35. The Bertz CT molecular complexity index is 1200. The highest BCUT2D eigenvalue weighted by Crippen LogP contribution is 2.18. The molecule has 25 heavy (non-hydrogen) atoms. The van der Waals surface area contributed by atoms with Crippen LogP contribution in [-0.4, -0.2) is 39.1 Å². The Morgan fingerprint density at radius 3 is 2.96 bits per heavy atom. The van der Waals surface area contributed by atoms with Gasteiger partial charge in [-0.2, -0.15) is 5.10 Å². The number of pyridine rings is 1. The lowest BCUT2D eigenvalue weighted by Crippen LogP contribution is -2.04. The van der Waals surface area contributed by atoms with Crippen molar-refractivity contribution in [2.45, 2.75) is 6.54 Å². The van der Waals surface area contributed by atoms with Crippen LogP contribution in [0.1, 0.15) is 5.56 Å². The maximum absolute atomic E-state index is 4.68. The highest BCUT2D eigenvalue weighted by atomic mass is 15.4. The van der Waals surface area contributed by atoms with Gasteiger partial charge in [-0.15, -0.1) is 5.10 Å². The predicted octanol–water partition coefficient (Wildman–Crippen LogP) is 1.92. The third-order valence-electron chi connectivity index (χ3n) is 4.15. The zero-order chi connectivity index (χ0) is 16.8. The van der Waals surface area contributed by atoms with Crippen molar-refractivity contribution < 1.29 is 0 Å². The lowest BCUT2D eigenvalue weighted by Gasteiger charge is -2.04. The summed E-state index contributed by atoms with van der Waals surface area (Å²) >= 11 is 0. The molecule has 0 aliphatic carbocycles. The third-order valence-corrected chi connectivity index (χ3v) is 4.15. The first kappa shape index (κ1) is 13.8. The van der Waals surface area contributed by atoms with Crippen LogP contribution in [0, 0.1) is 0 Å². The summed E-state index contributed by atoms with van der Waals surface area (Å²) in [5.74, 6) is 0. The normalized spacial score (nSPS) is 11.6. The van der Waals surface area contributed by atoms with Gasteiger partial charge in [0.1, 0.15) is 0 Å². The van der Waals surface area contributed by atoms with E-state index in [2.05, 4.69) is 48.0 Å². The van der Waals surface area contributed by atoms with Gasteiger partial charge in [0.2, 0.25) is 5.65 Å². The summed E-state index contributed by atoms with van der Waals surface area (Å²) in [4.78, 5) is 9.06. The molecule has 0 unspecified atom stereocenters. The molecule has 5 aromatic rings. The molecule has 0 aliphatic rings. The smallest absolute Gasteiger partial charge is 0.221 e. The van der Waals surface area contributed by atoms with Crippen molar-refractivity contribution in [1.82, 2.24) is 39.1 Å². The average molecular weight is 330 g/mol.